The smallest absolute Gasteiger partial charge is 0.188 e. The molecule has 1 fully saturated rings. The quantitative estimate of drug-likeness (QED) is 0.647. The number of nitrogens with zero attached hydrogens (tertiary/aromatic N) is 1. The first-order valence-corrected chi connectivity index (χ1v) is 7.89. The number of benzene rings is 1. The van der Waals surface area contributed by atoms with Crippen molar-refractivity contribution < 1.29 is 4.74 Å². The van der Waals surface area contributed by atoms with E-state index in [0.717, 1.165) is 12.2 Å². The molecule has 0 aliphatic heterocycles. The molecule has 1 aliphatic rings. The van der Waals surface area contributed by atoms with Gasteiger partial charge < -0.3 is 15.8 Å². The van der Waals surface area contributed by atoms with Crippen LogP contribution in [-0.4, -0.2) is 25.7 Å². The Hall–Kier alpha value is -1.71. The van der Waals surface area contributed by atoms with E-state index < -0.39 is 0 Å². The maximum Gasteiger partial charge on any atom is 0.188 e. The summed E-state index contributed by atoms with van der Waals surface area (Å²) in [7, 11) is 1.70. The third-order valence-electron chi connectivity index (χ3n) is 4.06. The van der Waals surface area contributed by atoms with Gasteiger partial charge in [-0.2, -0.15) is 0 Å². The lowest BCUT2D eigenvalue weighted by molar-refractivity contribution is 0.409. The van der Waals surface area contributed by atoms with E-state index in [1.807, 2.05) is 6.07 Å². The van der Waals surface area contributed by atoms with E-state index in [9.17, 15) is 0 Å². The summed E-state index contributed by atoms with van der Waals surface area (Å²) < 4.78 is 5.38. The number of nitrogens with one attached hydrogen (secondary N) is 1. The molecular weight excluding hydrogens is 262 g/mol. The summed E-state index contributed by atoms with van der Waals surface area (Å²) in [6, 6.07) is 6.73. The molecule has 0 radical (unpaired) electrons. The first kappa shape index (κ1) is 15.7. The number of aryl methyl sites for hydroxylation is 1. The van der Waals surface area contributed by atoms with Gasteiger partial charge in [0.15, 0.2) is 5.96 Å². The standard InChI is InChI=1S/C17H27N3O/c1-13-8-9-16(21-2)14(12-13)10-11-19-17(18)20-15-6-4-3-5-7-15/h8-9,12,15H,3-7,10-11H2,1-2H3,(H3,18,19,20). The second kappa shape index (κ2) is 7.91. The van der Waals surface area contributed by atoms with Crippen molar-refractivity contribution in [1.29, 1.82) is 0 Å². The highest BCUT2D eigenvalue weighted by Gasteiger charge is 2.13. The van der Waals surface area contributed by atoms with Crippen molar-refractivity contribution in [2.24, 2.45) is 10.7 Å². The van der Waals surface area contributed by atoms with Crippen molar-refractivity contribution >= 4 is 5.96 Å². The number of aliphatic imine (C=N–C) groups is 1. The average Bonchev–Trinajstić information content (AvgIpc) is 2.48. The molecular formula is C17H27N3O. The maximum atomic E-state index is 5.98. The van der Waals surface area contributed by atoms with Crippen LogP contribution in [0.15, 0.2) is 23.2 Å². The highest BCUT2D eigenvalue weighted by molar-refractivity contribution is 5.78. The van der Waals surface area contributed by atoms with Crippen molar-refractivity contribution in [2.45, 2.75) is 51.5 Å². The van der Waals surface area contributed by atoms with Gasteiger partial charge in [0.05, 0.1) is 7.11 Å². The molecule has 1 saturated carbocycles. The van der Waals surface area contributed by atoms with Gasteiger partial charge in [-0.3, -0.25) is 4.99 Å². The molecule has 0 aromatic heterocycles. The molecule has 0 heterocycles. The Morgan fingerprint density at radius 1 is 1.33 bits per heavy atom. The van der Waals surface area contributed by atoms with E-state index in [4.69, 9.17) is 10.5 Å². The number of methoxy groups -OCH3 is 1. The Morgan fingerprint density at radius 3 is 2.81 bits per heavy atom. The molecule has 0 spiro atoms. The van der Waals surface area contributed by atoms with E-state index in [1.165, 1.54) is 43.2 Å². The van der Waals surface area contributed by atoms with Crippen molar-refractivity contribution in [3.8, 4) is 5.75 Å². The molecule has 1 aromatic carbocycles. The number of nitrogens with two attached hydrogens (primary N) is 1. The fourth-order valence-electron chi connectivity index (χ4n) is 2.90. The Morgan fingerprint density at radius 2 is 2.10 bits per heavy atom. The maximum absolute atomic E-state index is 5.98. The first-order valence-electron chi connectivity index (χ1n) is 7.89. The van der Waals surface area contributed by atoms with Crippen LogP contribution in [0.2, 0.25) is 0 Å². The van der Waals surface area contributed by atoms with Crippen LogP contribution in [0.5, 0.6) is 5.75 Å². The predicted octanol–water partition coefficient (Wildman–Crippen LogP) is 2.78. The monoisotopic (exact) mass is 289 g/mol. The molecule has 0 atom stereocenters. The molecule has 3 N–H and O–H groups in total. The molecule has 0 saturated heterocycles. The Kier molecular flexibility index (Phi) is 5.90. The second-order valence-electron chi connectivity index (χ2n) is 5.81. The van der Waals surface area contributed by atoms with Crippen LogP contribution in [0.1, 0.15) is 43.2 Å². The van der Waals surface area contributed by atoms with Crippen molar-refractivity contribution in [3.63, 3.8) is 0 Å². The zero-order valence-corrected chi connectivity index (χ0v) is 13.2. The van der Waals surface area contributed by atoms with Crippen LogP contribution < -0.4 is 15.8 Å². The summed E-state index contributed by atoms with van der Waals surface area (Å²) in [6.07, 6.45) is 7.21. The molecule has 4 nitrogen and oxygen atoms in total. The number of rotatable bonds is 5. The highest BCUT2D eigenvalue weighted by atomic mass is 16.5. The highest BCUT2D eigenvalue weighted by Crippen LogP contribution is 2.20. The largest absolute Gasteiger partial charge is 0.496 e. The van der Waals surface area contributed by atoms with Crippen molar-refractivity contribution in [3.05, 3.63) is 29.3 Å². The van der Waals surface area contributed by atoms with Gasteiger partial charge in [-0.25, -0.2) is 0 Å². The van der Waals surface area contributed by atoms with Gasteiger partial charge in [-0.05, 0) is 37.8 Å². The van der Waals surface area contributed by atoms with Gasteiger partial charge in [0.1, 0.15) is 5.75 Å². The second-order valence-corrected chi connectivity index (χ2v) is 5.81. The van der Waals surface area contributed by atoms with Gasteiger partial charge in [-0.15, -0.1) is 0 Å². The summed E-state index contributed by atoms with van der Waals surface area (Å²) in [6.45, 7) is 2.77. The van der Waals surface area contributed by atoms with E-state index in [-0.39, 0.29) is 0 Å². The van der Waals surface area contributed by atoms with Gasteiger partial charge in [0, 0.05) is 12.6 Å². The fourth-order valence-corrected chi connectivity index (χ4v) is 2.90. The fraction of sp³-hybridized carbons (Fsp3) is 0.588. The van der Waals surface area contributed by atoms with Crippen LogP contribution in [0.4, 0.5) is 0 Å². The van der Waals surface area contributed by atoms with E-state index in [0.29, 0.717) is 18.5 Å². The zero-order valence-electron chi connectivity index (χ0n) is 13.2. The third kappa shape index (κ3) is 4.96. The van der Waals surface area contributed by atoms with Crippen molar-refractivity contribution in [1.82, 2.24) is 5.32 Å². The molecule has 1 aromatic rings. The molecule has 21 heavy (non-hydrogen) atoms. The number of guanidine groups is 1. The van der Waals surface area contributed by atoms with Crippen molar-refractivity contribution in [2.75, 3.05) is 13.7 Å². The molecule has 0 unspecified atom stereocenters. The normalized spacial score (nSPS) is 16.8. The lowest BCUT2D eigenvalue weighted by Crippen LogP contribution is -2.41. The SMILES string of the molecule is COc1ccc(C)cc1CCN=C(N)NC1CCCCC1. The number of hydrogen-bond donors (Lipinski definition) is 2. The zero-order chi connectivity index (χ0) is 15.1. The van der Waals surface area contributed by atoms with Crippen LogP contribution in [0.3, 0.4) is 0 Å². The third-order valence-corrected chi connectivity index (χ3v) is 4.06. The summed E-state index contributed by atoms with van der Waals surface area (Å²) in [5.74, 6) is 1.50. The molecule has 0 bridgehead atoms. The summed E-state index contributed by atoms with van der Waals surface area (Å²) in [4.78, 5) is 4.45. The van der Waals surface area contributed by atoms with Gasteiger partial charge in [0.25, 0.3) is 0 Å². The van der Waals surface area contributed by atoms with Crippen LogP contribution in [0, 0.1) is 6.92 Å². The minimum absolute atomic E-state index is 0.510. The Labute approximate surface area is 127 Å². The van der Waals surface area contributed by atoms with Crippen LogP contribution >= 0.6 is 0 Å². The van der Waals surface area contributed by atoms with Crippen LogP contribution in [-0.2, 0) is 6.42 Å². The average molecular weight is 289 g/mol. The van der Waals surface area contributed by atoms with Crippen LogP contribution in [0.25, 0.3) is 0 Å². The minimum atomic E-state index is 0.510. The molecule has 4 heteroatoms. The lowest BCUT2D eigenvalue weighted by atomic mass is 9.96. The predicted molar refractivity (Wildman–Crippen MR) is 87.9 cm³/mol. The molecule has 2 rings (SSSR count). The number of ether oxygens (including phenoxy) is 1. The molecule has 0 amide bonds. The van der Waals surface area contributed by atoms with Gasteiger partial charge >= 0.3 is 0 Å². The lowest BCUT2D eigenvalue weighted by Gasteiger charge is -2.23. The molecule has 116 valence electrons. The van der Waals surface area contributed by atoms with E-state index >= 15 is 0 Å². The Bertz CT molecular complexity index is 479. The van der Waals surface area contributed by atoms with E-state index in [1.54, 1.807) is 7.11 Å². The summed E-state index contributed by atoms with van der Waals surface area (Å²) >= 11 is 0. The summed E-state index contributed by atoms with van der Waals surface area (Å²) in [5.41, 5.74) is 8.40. The summed E-state index contributed by atoms with van der Waals surface area (Å²) in [5, 5.41) is 3.34. The minimum Gasteiger partial charge on any atom is -0.496 e. The van der Waals surface area contributed by atoms with Gasteiger partial charge in [0.2, 0.25) is 0 Å². The van der Waals surface area contributed by atoms with Gasteiger partial charge in [-0.1, -0.05) is 37.0 Å². The molecule has 1 aliphatic carbocycles. The Balaban J connectivity index is 1.84. The van der Waals surface area contributed by atoms with E-state index in [2.05, 4.69) is 29.4 Å². The first-order chi connectivity index (χ1) is 10.2. The topological polar surface area (TPSA) is 59.6 Å². The number of hydrogen-bond acceptors (Lipinski definition) is 2.